The maximum atomic E-state index is 13.2. The molecule has 0 spiro atoms. The second kappa shape index (κ2) is 9.02. The molecule has 2 N–H and O–H groups in total. The van der Waals surface area contributed by atoms with E-state index in [0.717, 1.165) is 23.7 Å². The highest BCUT2D eigenvalue weighted by atomic mass is 32.2. The van der Waals surface area contributed by atoms with Gasteiger partial charge in [0.15, 0.2) is 0 Å². The van der Waals surface area contributed by atoms with Crippen molar-refractivity contribution in [2.45, 2.75) is 31.0 Å². The molecule has 1 heterocycles. The molecule has 12 heteroatoms. The van der Waals surface area contributed by atoms with Crippen molar-refractivity contribution in [1.82, 2.24) is 14.7 Å². The molecule has 2 aromatic carbocycles. The van der Waals surface area contributed by atoms with Gasteiger partial charge in [0.05, 0.1) is 10.5 Å². The molecular formula is C19H17F3N4O3S2. The number of aryl methyl sites for hydroxylation is 1. The molecule has 31 heavy (non-hydrogen) atoms. The molecule has 0 atom stereocenters. The summed E-state index contributed by atoms with van der Waals surface area (Å²) < 4.78 is 71.4. The molecule has 0 bridgehead atoms. The van der Waals surface area contributed by atoms with Gasteiger partial charge in [-0.1, -0.05) is 31.2 Å². The Hall–Kier alpha value is -2.99. The fourth-order valence-corrected chi connectivity index (χ4v) is 4.74. The molecule has 1 amide bonds. The van der Waals surface area contributed by atoms with E-state index in [4.69, 9.17) is 0 Å². The predicted molar refractivity (Wildman–Crippen MR) is 109 cm³/mol. The zero-order valence-corrected chi connectivity index (χ0v) is 17.7. The largest absolute Gasteiger partial charge is 0.416 e. The predicted octanol–water partition coefficient (Wildman–Crippen LogP) is 3.85. The van der Waals surface area contributed by atoms with Crippen LogP contribution in [0.25, 0.3) is 0 Å². The Morgan fingerprint density at radius 2 is 1.84 bits per heavy atom. The molecule has 0 radical (unpaired) electrons. The summed E-state index contributed by atoms with van der Waals surface area (Å²) in [6.07, 6.45) is -4.27. The first-order valence-electron chi connectivity index (χ1n) is 8.99. The van der Waals surface area contributed by atoms with E-state index >= 15 is 0 Å². The molecule has 164 valence electrons. The summed E-state index contributed by atoms with van der Waals surface area (Å²) in [6, 6.07) is 10.5. The number of anilines is 1. The van der Waals surface area contributed by atoms with Gasteiger partial charge in [0, 0.05) is 30.1 Å². The monoisotopic (exact) mass is 470 g/mol. The fraction of sp³-hybridized carbons (Fsp3) is 0.211. The van der Waals surface area contributed by atoms with Crippen LogP contribution in [-0.4, -0.2) is 23.7 Å². The molecule has 0 aliphatic rings. The van der Waals surface area contributed by atoms with Crippen molar-refractivity contribution >= 4 is 32.6 Å². The van der Waals surface area contributed by atoms with E-state index < -0.39 is 32.6 Å². The Bertz CT molecular complexity index is 1180. The van der Waals surface area contributed by atoms with Crippen LogP contribution in [0.4, 0.5) is 18.3 Å². The number of alkyl halides is 3. The molecule has 1 aromatic heterocycles. The summed E-state index contributed by atoms with van der Waals surface area (Å²) >= 11 is 0.783. The van der Waals surface area contributed by atoms with Crippen LogP contribution < -0.4 is 10.0 Å². The zero-order valence-electron chi connectivity index (χ0n) is 16.1. The fourth-order valence-electron chi connectivity index (χ4n) is 2.60. The van der Waals surface area contributed by atoms with Crippen LogP contribution >= 0.6 is 11.5 Å². The smallest absolute Gasteiger partial charge is 0.348 e. The van der Waals surface area contributed by atoms with Gasteiger partial charge in [-0.05, 0) is 29.8 Å². The molecule has 3 rings (SSSR count). The van der Waals surface area contributed by atoms with Crippen LogP contribution in [0, 0.1) is 0 Å². The maximum Gasteiger partial charge on any atom is 0.416 e. The summed E-state index contributed by atoms with van der Waals surface area (Å²) in [4.78, 5) is 15.6. The van der Waals surface area contributed by atoms with Gasteiger partial charge in [-0.3, -0.25) is 9.52 Å². The molecule has 0 saturated carbocycles. The van der Waals surface area contributed by atoms with Gasteiger partial charge in [-0.25, -0.2) is 13.4 Å². The third-order valence-electron chi connectivity index (χ3n) is 4.17. The first-order chi connectivity index (χ1) is 14.6. The summed E-state index contributed by atoms with van der Waals surface area (Å²) in [6.45, 7) is 1.49. The lowest BCUT2D eigenvalue weighted by Crippen LogP contribution is -2.25. The number of amides is 1. The average molecular weight is 470 g/mol. The zero-order chi connectivity index (χ0) is 22.6. The third kappa shape index (κ3) is 5.58. The van der Waals surface area contributed by atoms with E-state index in [2.05, 4.69) is 19.4 Å². The molecule has 0 saturated heterocycles. The molecule has 0 fully saturated rings. The Labute approximate surface area is 180 Å². The first-order valence-corrected chi connectivity index (χ1v) is 11.2. The van der Waals surface area contributed by atoms with Crippen LogP contribution in [0.1, 0.15) is 34.2 Å². The molecule has 7 nitrogen and oxygen atoms in total. The summed E-state index contributed by atoms with van der Waals surface area (Å²) in [7, 11) is -4.43. The minimum absolute atomic E-state index is 0.00925. The summed E-state index contributed by atoms with van der Waals surface area (Å²) in [5.74, 6) is -0.0874. The number of rotatable bonds is 7. The van der Waals surface area contributed by atoms with E-state index in [1.165, 1.54) is 0 Å². The standard InChI is InChI=1S/C19H17F3N4O3S2/c1-2-16-24-18(30-25-16)26-31(28,29)15-10-14(19(20,21)22)9-8-13(15)11-23-17(27)12-6-4-3-5-7-12/h3-10H,2,11H2,1H3,(H,23,27)(H,24,25,26). The van der Waals surface area contributed by atoms with Crippen molar-refractivity contribution in [2.75, 3.05) is 4.72 Å². The Morgan fingerprint density at radius 1 is 1.13 bits per heavy atom. The lowest BCUT2D eigenvalue weighted by Gasteiger charge is -2.15. The third-order valence-corrected chi connectivity index (χ3v) is 6.38. The number of benzene rings is 2. The number of nitrogens with zero attached hydrogens (tertiary/aromatic N) is 2. The number of nitrogens with one attached hydrogen (secondary N) is 2. The number of halogens is 3. The number of hydrogen-bond acceptors (Lipinski definition) is 6. The van der Waals surface area contributed by atoms with Gasteiger partial charge in [0.1, 0.15) is 5.82 Å². The van der Waals surface area contributed by atoms with E-state index in [-0.39, 0.29) is 17.2 Å². The number of sulfonamides is 1. The second-order valence-electron chi connectivity index (χ2n) is 6.34. The maximum absolute atomic E-state index is 13.2. The van der Waals surface area contributed by atoms with Crippen LogP contribution in [0.5, 0.6) is 0 Å². The molecule has 3 aromatic rings. The lowest BCUT2D eigenvalue weighted by atomic mass is 10.1. The van der Waals surface area contributed by atoms with Gasteiger partial charge in [0.25, 0.3) is 15.9 Å². The molecule has 0 unspecified atom stereocenters. The van der Waals surface area contributed by atoms with Gasteiger partial charge < -0.3 is 5.32 Å². The number of hydrogen-bond donors (Lipinski definition) is 2. The molecule has 0 aliphatic carbocycles. The Kier molecular flexibility index (Phi) is 6.60. The highest BCUT2D eigenvalue weighted by Crippen LogP contribution is 2.32. The van der Waals surface area contributed by atoms with E-state index in [1.807, 2.05) is 0 Å². The highest BCUT2D eigenvalue weighted by Gasteiger charge is 2.33. The minimum atomic E-state index is -4.74. The van der Waals surface area contributed by atoms with E-state index in [1.54, 1.807) is 37.3 Å². The van der Waals surface area contributed by atoms with Gasteiger partial charge in [0.2, 0.25) is 5.13 Å². The van der Waals surface area contributed by atoms with Crippen LogP contribution in [0.15, 0.2) is 53.4 Å². The number of carbonyl (C=O) groups is 1. The SMILES string of the molecule is CCc1nsc(NS(=O)(=O)c2cc(C(F)(F)F)ccc2CNC(=O)c2ccccc2)n1. The minimum Gasteiger partial charge on any atom is -0.348 e. The van der Waals surface area contributed by atoms with Crippen LogP contribution in [0.2, 0.25) is 0 Å². The van der Waals surface area contributed by atoms with Crippen LogP contribution in [-0.2, 0) is 29.2 Å². The summed E-state index contributed by atoms with van der Waals surface area (Å²) in [5.41, 5.74) is -0.805. The van der Waals surface area contributed by atoms with Gasteiger partial charge in [-0.15, -0.1) is 0 Å². The van der Waals surface area contributed by atoms with Gasteiger partial charge >= 0.3 is 6.18 Å². The Balaban J connectivity index is 1.92. The van der Waals surface area contributed by atoms with Crippen LogP contribution in [0.3, 0.4) is 0 Å². The molecular weight excluding hydrogens is 453 g/mol. The quantitative estimate of drug-likeness (QED) is 0.546. The first kappa shape index (κ1) is 22.7. The normalized spacial score (nSPS) is 11.9. The number of aromatic nitrogens is 2. The Morgan fingerprint density at radius 3 is 2.45 bits per heavy atom. The van der Waals surface area contributed by atoms with Crippen molar-refractivity contribution in [1.29, 1.82) is 0 Å². The second-order valence-corrected chi connectivity index (χ2v) is 8.75. The van der Waals surface area contributed by atoms with Crippen molar-refractivity contribution in [3.8, 4) is 0 Å². The highest BCUT2D eigenvalue weighted by molar-refractivity contribution is 7.93. The summed E-state index contributed by atoms with van der Waals surface area (Å²) in [5, 5.41) is 2.46. The lowest BCUT2D eigenvalue weighted by molar-refractivity contribution is -0.137. The number of carbonyl (C=O) groups excluding carboxylic acids is 1. The topological polar surface area (TPSA) is 101 Å². The van der Waals surface area contributed by atoms with E-state index in [9.17, 15) is 26.4 Å². The van der Waals surface area contributed by atoms with Gasteiger partial charge in [-0.2, -0.15) is 17.5 Å². The van der Waals surface area contributed by atoms with Crippen molar-refractivity contribution in [3.05, 3.63) is 71.0 Å². The van der Waals surface area contributed by atoms with E-state index in [0.29, 0.717) is 23.9 Å². The van der Waals surface area contributed by atoms with Crippen molar-refractivity contribution in [2.24, 2.45) is 0 Å². The molecule has 0 aliphatic heterocycles. The average Bonchev–Trinajstić information content (AvgIpc) is 3.18. The van der Waals surface area contributed by atoms with Crippen molar-refractivity contribution < 1.29 is 26.4 Å². The van der Waals surface area contributed by atoms with Crippen molar-refractivity contribution in [3.63, 3.8) is 0 Å².